The molecule has 3 nitrogen and oxygen atoms in total. The summed E-state index contributed by atoms with van der Waals surface area (Å²) in [5, 5.41) is 0. The van der Waals surface area contributed by atoms with E-state index in [4.69, 9.17) is 5.73 Å². The van der Waals surface area contributed by atoms with Crippen LogP contribution in [-0.2, 0) is 0 Å². The van der Waals surface area contributed by atoms with Gasteiger partial charge in [0.1, 0.15) is 11.5 Å². The minimum Gasteiger partial charge on any atom is -0.382 e. The molecule has 0 saturated heterocycles. The molecule has 0 aliphatic carbocycles. The molecule has 0 aromatic carbocycles. The van der Waals surface area contributed by atoms with Gasteiger partial charge in [0.05, 0.1) is 0 Å². The predicted octanol–water partition coefficient (Wildman–Crippen LogP) is 1.55. The molecule has 0 radical (unpaired) electrons. The maximum Gasteiger partial charge on any atom is 0.149 e. The highest BCUT2D eigenvalue weighted by Gasteiger charge is 1.98. The van der Waals surface area contributed by atoms with Crippen molar-refractivity contribution in [2.45, 2.75) is 6.92 Å². The van der Waals surface area contributed by atoms with Crippen molar-refractivity contribution in [3.8, 4) is 0 Å². The number of aryl methyl sites for hydroxylation is 1. The summed E-state index contributed by atoms with van der Waals surface area (Å²) in [6, 6.07) is 1.85. The first kappa shape index (κ1) is 6.74. The Morgan fingerprint density at radius 2 is 2.50 bits per heavy atom. The quantitative estimate of drug-likeness (QED) is 0.597. The Kier molecular flexibility index (Phi) is 1.67. The maximum atomic E-state index is 5.49. The number of nitrogen functional groups attached to an aromatic ring is 1. The monoisotopic (exact) mass is 137 g/mol. The van der Waals surface area contributed by atoms with Gasteiger partial charge in [0.2, 0.25) is 0 Å². The summed E-state index contributed by atoms with van der Waals surface area (Å²) in [5.41, 5.74) is 7.17. The third kappa shape index (κ3) is 0.978. The number of nitrogens with two attached hydrogens (primary N) is 1. The molecule has 2 N–H and O–H groups in total. The van der Waals surface area contributed by atoms with Gasteiger partial charge in [-0.3, -0.25) is 4.99 Å². The Balaban J connectivity index is 0.000001000. The van der Waals surface area contributed by atoms with Gasteiger partial charge in [0.25, 0.3) is 0 Å². The summed E-state index contributed by atoms with van der Waals surface area (Å²) in [6.45, 7) is 5.30. The van der Waals surface area contributed by atoms with Crippen molar-refractivity contribution in [1.82, 2.24) is 4.98 Å². The summed E-state index contributed by atoms with van der Waals surface area (Å²) >= 11 is 0. The van der Waals surface area contributed by atoms with E-state index in [-0.39, 0.29) is 1.43 Å². The van der Waals surface area contributed by atoms with Crippen molar-refractivity contribution in [3.63, 3.8) is 0 Å². The topological polar surface area (TPSA) is 51.3 Å². The molecule has 0 spiro atoms. The highest BCUT2D eigenvalue weighted by Crippen LogP contribution is 2.22. The maximum absolute atomic E-state index is 5.49. The summed E-state index contributed by atoms with van der Waals surface area (Å²) in [4.78, 5) is 7.59. The number of aliphatic imine (C=N–C) groups is 1. The van der Waals surface area contributed by atoms with Crippen LogP contribution in [0.1, 0.15) is 6.99 Å². The lowest BCUT2D eigenvalue weighted by Gasteiger charge is -1.99. The minimum absolute atomic E-state index is 0. The standard InChI is InChI=1S/C7H9N3.H2/c1-5-3-4-10-7(8)6(5)9-2;/h3-4H,2H2,1H3,(H2,8,10);1H. The fourth-order valence-electron chi connectivity index (χ4n) is 0.777. The number of pyridine rings is 1. The lowest BCUT2D eigenvalue weighted by molar-refractivity contribution is 1.27. The first-order valence-electron chi connectivity index (χ1n) is 2.93. The van der Waals surface area contributed by atoms with E-state index in [1.807, 2.05) is 13.0 Å². The van der Waals surface area contributed by atoms with Crippen LogP contribution in [0.15, 0.2) is 17.3 Å². The molecule has 0 amide bonds. The van der Waals surface area contributed by atoms with Crippen LogP contribution in [0.2, 0.25) is 0 Å². The molecule has 1 rings (SSSR count). The van der Waals surface area contributed by atoms with Crippen LogP contribution in [0, 0.1) is 6.92 Å². The van der Waals surface area contributed by atoms with Gasteiger partial charge >= 0.3 is 0 Å². The molecule has 10 heavy (non-hydrogen) atoms. The number of rotatable bonds is 1. The van der Waals surface area contributed by atoms with Crippen molar-refractivity contribution >= 4 is 18.2 Å². The molecule has 54 valence electrons. The third-order valence-corrected chi connectivity index (χ3v) is 1.31. The summed E-state index contributed by atoms with van der Waals surface area (Å²) < 4.78 is 0. The molecule has 0 aliphatic rings. The van der Waals surface area contributed by atoms with Crippen molar-refractivity contribution < 1.29 is 1.43 Å². The summed E-state index contributed by atoms with van der Waals surface area (Å²) in [6.07, 6.45) is 1.65. The molecule has 1 aromatic rings. The van der Waals surface area contributed by atoms with Crippen LogP contribution in [0.4, 0.5) is 11.5 Å². The van der Waals surface area contributed by atoms with Gasteiger partial charge in [0, 0.05) is 7.62 Å². The van der Waals surface area contributed by atoms with Crippen molar-refractivity contribution in [3.05, 3.63) is 17.8 Å². The molecule has 0 fully saturated rings. The molecular formula is C7H11N3. The van der Waals surface area contributed by atoms with Gasteiger partial charge in [-0.05, 0) is 25.3 Å². The van der Waals surface area contributed by atoms with Gasteiger partial charge in [-0.1, -0.05) is 0 Å². The van der Waals surface area contributed by atoms with E-state index >= 15 is 0 Å². The SMILES string of the molecule is C=Nc1c(C)ccnc1N.[HH]. The lowest BCUT2D eigenvalue weighted by Crippen LogP contribution is -1.90. The Hall–Kier alpha value is -1.38. The lowest BCUT2D eigenvalue weighted by atomic mass is 10.2. The molecule has 1 heterocycles. The first-order valence-corrected chi connectivity index (χ1v) is 2.93. The second-order valence-electron chi connectivity index (χ2n) is 2.02. The number of anilines is 1. The molecular weight excluding hydrogens is 126 g/mol. The van der Waals surface area contributed by atoms with Crippen molar-refractivity contribution in [2.75, 3.05) is 5.73 Å². The van der Waals surface area contributed by atoms with Crippen molar-refractivity contribution in [1.29, 1.82) is 0 Å². The van der Waals surface area contributed by atoms with E-state index in [0.717, 1.165) is 5.56 Å². The van der Waals surface area contributed by atoms with Crippen LogP contribution in [0.3, 0.4) is 0 Å². The van der Waals surface area contributed by atoms with Gasteiger partial charge in [-0.2, -0.15) is 0 Å². The van der Waals surface area contributed by atoms with E-state index < -0.39 is 0 Å². The fraction of sp³-hybridized carbons (Fsp3) is 0.143. The van der Waals surface area contributed by atoms with E-state index in [1.54, 1.807) is 6.20 Å². The predicted molar refractivity (Wildman–Crippen MR) is 44.7 cm³/mol. The molecule has 0 unspecified atom stereocenters. The van der Waals surface area contributed by atoms with Crippen LogP contribution >= 0.6 is 0 Å². The van der Waals surface area contributed by atoms with Gasteiger partial charge in [-0.15, -0.1) is 0 Å². The largest absolute Gasteiger partial charge is 0.382 e. The molecule has 0 saturated carbocycles. The molecule has 1 aromatic heterocycles. The summed E-state index contributed by atoms with van der Waals surface area (Å²) in [7, 11) is 0. The Labute approximate surface area is 61.1 Å². The van der Waals surface area contributed by atoms with E-state index in [1.165, 1.54) is 0 Å². The van der Waals surface area contributed by atoms with Gasteiger partial charge in [0.15, 0.2) is 0 Å². The Bertz CT molecular complexity index is 240. The van der Waals surface area contributed by atoms with Crippen molar-refractivity contribution in [2.24, 2.45) is 4.99 Å². The molecule has 0 aliphatic heterocycles. The van der Waals surface area contributed by atoms with Crippen LogP contribution in [0.5, 0.6) is 0 Å². The molecule has 0 bridgehead atoms. The van der Waals surface area contributed by atoms with Gasteiger partial charge in [-0.25, -0.2) is 4.98 Å². The molecule has 0 atom stereocenters. The zero-order valence-electron chi connectivity index (χ0n) is 5.83. The highest BCUT2D eigenvalue weighted by atomic mass is 14.9. The zero-order valence-corrected chi connectivity index (χ0v) is 5.83. The van der Waals surface area contributed by atoms with Crippen LogP contribution < -0.4 is 5.73 Å². The number of hydrogen-bond acceptors (Lipinski definition) is 3. The average molecular weight is 137 g/mol. The van der Waals surface area contributed by atoms with E-state index in [2.05, 4.69) is 16.7 Å². The second-order valence-corrected chi connectivity index (χ2v) is 2.02. The Morgan fingerprint density at radius 1 is 1.80 bits per heavy atom. The van der Waals surface area contributed by atoms with Crippen LogP contribution in [0.25, 0.3) is 0 Å². The normalized spacial score (nSPS) is 9.30. The zero-order chi connectivity index (χ0) is 7.56. The average Bonchev–Trinajstić information content (AvgIpc) is 1.88. The number of nitrogens with zero attached hydrogens (tertiary/aromatic N) is 2. The highest BCUT2D eigenvalue weighted by molar-refractivity contribution is 5.64. The second kappa shape index (κ2) is 2.47. The summed E-state index contributed by atoms with van der Waals surface area (Å²) in [5.74, 6) is 0.440. The minimum atomic E-state index is 0. The number of aromatic nitrogens is 1. The van der Waals surface area contributed by atoms with Gasteiger partial charge < -0.3 is 5.73 Å². The Morgan fingerprint density at radius 3 is 2.90 bits per heavy atom. The fourth-order valence-corrected chi connectivity index (χ4v) is 0.777. The molecule has 3 heteroatoms. The van der Waals surface area contributed by atoms with E-state index in [0.29, 0.717) is 11.5 Å². The van der Waals surface area contributed by atoms with Crippen LogP contribution in [-0.4, -0.2) is 11.7 Å². The first-order chi connectivity index (χ1) is 4.75. The smallest absolute Gasteiger partial charge is 0.149 e. The number of hydrogen-bond donors (Lipinski definition) is 1. The third-order valence-electron chi connectivity index (χ3n) is 1.31. The van der Waals surface area contributed by atoms with E-state index in [9.17, 15) is 0 Å².